The summed E-state index contributed by atoms with van der Waals surface area (Å²) in [5.74, 6) is -0.0101. The van der Waals surface area contributed by atoms with Crippen molar-refractivity contribution in [3.8, 4) is 11.3 Å². The molecular formula is C22H20F3N7O3. The first-order valence-electron chi connectivity index (χ1n) is 10.8. The highest BCUT2D eigenvalue weighted by Crippen LogP contribution is 2.39. The molecule has 5 rings (SSSR count). The summed E-state index contributed by atoms with van der Waals surface area (Å²) in [6.45, 7) is 2.10. The molecule has 5 heterocycles. The molecule has 2 bridgehead atoms. The second-order valence-electron chi connectivity index (χ2n) is 8.26. The van der Waals surface area contributed by atoms with Gasteiger partial charge < -0.3 is 14.6 Å². The number of aromatic nitrogens is 3. The SMILES string of the molecule is CC(NC(=O)c1ccc2c(n1)N(C(=O)Nc1cc(-c3cnco3)ccn1)[C@H]1CCN2C1)C(F)(F)F. The van der Waals surface area contributed by atoms with Crippen LogP contribution >= 0.6 is 0 Å². The van der Waals surface area contributed by atoms with Gasteiger partial charge in [-0.05, 0) is 37.6 Å². The third kappa shape index (κ3) is 4.36. The van der Waals surface area contributed by atoms with E-state index in [4.69, 9.17) is 4.42 Å². The van der Waals surface area contributed by atoms with E-state index >= 15 is 0 Å². The zero-order valence-electron chi connectivity index (χ0n) is 18.4. The van der Waals surface area contributed by atoms with Gasteiger partial charge in [0, 0.05) is 24.8 Å². The third-order valence-corrected chi connectivity index (χ3v) is 5.95. The van der Waals surface area contributed by atoms with Gasteiger partial charge in [0.15, 0.2) is 18.0 Å². The van der Waals surface area contributed by atoms with Gasteiger partial charge >= 0.3 is 12.2 Å². The average molecular weight is 487 g/mol. The predicted octanol–water partition coefficient (Wildman–Crippen LogP) is 3.44. The van der Waals surface area contributed by atoms with Crippen LogP contribution in [0.5, 0.6) is 0 Å². The van der Waals surface area contributed by atoms with Crippen LogP contribution in [0.4, 0.5) is 35.3 Å². The van der Waals surface area contributed by atoms with E-state index in [2.05, 4.69) is 20.3 Å². The van der Waals surface area contributed by atoms with Crippen LogP contribution in [0.3, 0.4) is 0 Å². The highest BCUT2D eigenvalue weighted by molar-refractivity contribution is 6.05. The highest BCUT2D eigenvalue weighted by Gasteiger charge is 2.41. The van der Waals surface area contributed by atoms with Crippen LogP contribution in [0, 0.1) is 0 Å². The topological polar surface area (TPSA) is 116 Å². The van der Waals surface area contributed by atoms with Crippen molar-refractivity contribution >= 4 is 29.3 Å². The van der Waals surface area contributed by atoms with Crippen molar-refractivity contribution in [2.75, 3.05) is 28.2 Å². The highest BCUT2D eigenvalue weighted by atomic mass is 19.4. The molecule has 3 aromatic rings. The van der Waals surface area contributed by atoms with Crippen LogP contribution in [-0.2, 0) is 0 Å². The Labute approximate surface area is 197 Å². The Morgan fingerprint density at radius 2 is 2.09 bits per heavy atom. The monoisotopic (exact) mass is 487 g/mol. The summed E-state index contributed by atoms with van der Waals surface area (Å²) in [7, 11) is 0. The van der Waals surface area contributed by atoms with E-state index in [9.17, 15) is 22.8 Å². The number of pyridine rings is 2. The van der Waals surface area contributed by atoms with Crippen molar-refractivity contribution in [2.24, 2.45) is 0 Å². The van der Waals surface area contributed by atoms with Crippen LogP contribution in [0.1, 0.15) is 23.8 Å². The number of alkyl halides is 3. The molecule has 13 heteroatoms. The van der Waals surface area contributed by atoms with E-state index in [0.29, 0.717) is 36.5 Å². The first kappa shape index (κ1) is 22.6. The lowest BCUT2D eigenvalue weighted by Gasteiger charge is -2.35. The van der Waals surface area contributed by atoms with Gasteiger partial charge in [-0.2, -0.15) is 13.2 Å². The Morgan fingerprint density at radius 1 is 1.26 bits per heavy atom. The molecule has 10 nitrogen and oxygen atoms in total. The van der Waals surface area contributed by atoms with Crippen LogP contribution in [0.25, 0.3) is 11.3 Å². The maximum Gasteiger partial charge on any atom is 0.408 e. The largest absolute Gasteiger partial charge is 0.444 e. The molecule has 1 saturated heterocycles. The number of hydrogen-bond acceptors (Lipinski definition) is 7. The number of hydrogen-bond donors (Lipinski definition) is 2. The number of nitrogens with zero attached hydrogens (tertiary/aromatic N) is 5. The Hall–Kier alpha value is -4.16. The first-order chi connectivity index (χ1) is 16.7. The molecule has 0 saturated carbocycles. The number of nitrogens with one attached hydrogen (secondary N) is 2. The Balaban J connectivity index is 1.42. The van der Waals surface area contributed by atoms with Crippen LogP contribution in [0.15, 0.2) is 47.5 Å². The van der Waals surface area contributed by atoms with Gasteiger partial charge in [0.05, 0.1) is 17.9 Å². The molecule has 182 valence electrons. The lowest BCUT2D eigenvalue weighted by molar-refractivity contribution is -0.149. The Morgan fingerprint density at radius 3 is 2.83 bits per heavy atom. The minimum Gasteiger partial charge on any atom is -0.444 e. The quantitative estimate of drug-likeness (QED) is 0.579. The average Bonchev–Trinajstić information content (AvgIpc) is 3.50. The standard InChI is InChI=1S/C22H20F3N7O3/c1-12(22(23,24)25)28-20(33)15-2-3-16-19(29-15)32(14-5-7-31(16)10-14)21(34)30-18-8-13(4-6-27-18)17-9-26-11-35-17/h2-4,6,8-9,11-12,14H,5,7,10H2,1H3,(H,28,33)(H,27,30,34)/t12?,14-/m0/s1. The van der Waals surface area contributed by atoms with E-state index in [0.717, 1.165) is 6.92 Å². The van der Waals surface area contributed by atoms with Crippen LogP contribution < -0.4 is 20.4 Å². The number of anilines is 3. The fourth-order valence-corrected chi connectivity index (χ4v) is 4.13. The number of carbonyl (C=O) groups is 2. The molecular weight excluding hydrogens is 467 g/mol. The molecule has 35 heavy (non-hydrogen) atoms. The molecule has 1 fully saturated rings. The van der Waals surface area contributed by atoms with E-state index in [1.165, 1.54) is 29.8 Å². The Kier molecular flexibility index (Phi) is 5.53. The zero-order chi connectivity index (χ0) is 24.7. The Bertz CT molecular complexity index is 1270. The molecule has 2 atom stereocenters. The first-order valence-corrected chi connectivity index (χ1v) is 10.8. The molecule has 2 N–H and O–H groups in total. The van der Waals surface area contributed by atoms with Gasteiger partial charge in [0.25, 0.3) is 5.91 Å². The number of amides is 3. The van der Waals surface area contributed by atoms with E-state index in [1.54, 1.807) is 18.2 Å². The fourth-order valence-electron chi connectivity index (χ4n) is 4.13. The van der Waals surface area contributed by atoms with E-state index < -0.39 is 24.2 Å². The van der Waals surface area contributed by atoms with Gasteiger partial charge in [-0.25, -0.2) is 19.7 Å². The number of urea groups is 1. The molecule has 0 radical (unpaired) electrons. The van der Waals surface area contributed by atoms with Crippen molar-refractivity contribution in [1.29, 1.82) is 0 Å². The molecule has 3 aromatic heterocycles. The van der Waals surface area contributed by atoms with Gasteiger partial charge in [0.2, 0.25) is 0 Å². The van der Waals surface area contributed by atoms with Gasteiger partial charge in [-0.3, -0.25) is 15.0 Å². The van der Waals surface area contributed by atoms with Gasteiger partial charge in [0.1, 0.15) is 17.6 Å². The van der Waals surface area contributed by atoms with Crippen molar-refractivity contribution in [2.45, 2.75) is 31.6 Å². The number of fused-ring (bicyclic) bond motifs is 4. The molecule has 2 aliphatic heterocycles. The normalized spacial score (nSPS) is 17.7. The summed E-state index contributed by atoms with van der Waals surface area (Å²) < 4.78 is 43.9. The van der Waals surface area contributed by atoms with Crippen LogP contribution in [-0.4, -0.2) is 58.2 Å². The summed E-state index contributed by atoms with van der Waals surface area (Å²) in [6, 6.07) is 3.49. The number of carbonyl (C=O) groups excluding carboxylic acids is 2. The summed E-state index contributed by atoms with van der Waals surface area (Å²) in [5, 5.41) is 4.65. The second-order valence-corrected chi connectivity index (χ2v) is 8.26. The maximum absolute atomic E-state index is 13.3. The minimum absolute atomic E-state index is 0.204. The van der Waals surface area contributed by atoms with Crippen molar-refractivity contribution < 1.29 is 27.2 Å². The molecule has 1 unspecified atom stereocenters. The molecule has 0 aromatic carbocycles. The summed E-state index contributed by atoms with van der Waals surface area (Å²) in [5.41, 5.74) is 1.07. The van der Waals surface area contributed by atoms with Gasteiger partial charge in [-0.1, -0.05) is 0 Å². The summed E-state index contributed by atoms with van der Waals surface area (Å²) in [6.07, 6.45) is 0.414. The minimum atomic E-state index is -4.59. The lowest BCUT2D eigenvalue weighted by atomic mass is 10.1. The molecule has 2 aliphatic rings. The number of oxazole rings is 1. The summed E-state index contributed by atoms with van der Waals surface area (Å²) >= 11 is 0. The molecule has 0 aliphatic carbocycles. The number of rotatable bonds is 4. The fraction of sp³-hybridized carbons (Fsp3) is 0.318. The van der Waals surface area contributed by atoms with E-state index in [1.807, 2.05) is 10.2 Å². The predicted molar refractivity (Wildman–Crippen MR) is 119 cm³/mol. The van der Waals surface area contributed by atoms with Gasteiger partial charge in [-0.15, -0.1) is 0 Å². The van der Waals surface area contributed by atoms with Crippen molar-refractivity contribution in [3.05, 3.63) is 48.7 Å². The number of halogens is 3. The molecule has 3 amide bonds. The zero-order valence-corrected chi connectivity index (χ0v) is 18.4. The van der Waals surface area contributed by atoms with Crippen LogP contribution in [0.2, 0.25) is 0 Å². The van der Waals surface area contributed by atoms with Crippen molar-refractivity contribution in [3.63, 3.8) is 0 Å². The van der Waals surface area contributed by atoms with E-state index in [-0.39, 0.29) is 23.4 Å². The molecule has 0 spiro atoms. The van der Waals surface area contributed by atoms with Crippen molar-refractivity contribution in [1.82, 2.24) is 20.3 Å². The summed E-state index contributed by atoms with van der Waals surface area (Å²) in [4.78, 5) is 41.6. The third-order valence-electron chi connectivity index (χ3n) is 5.95. The maximum atomic E-state index is 13.3. The lowest BCUT2D eigenvalue weighted by Crippen LogP contribution is -2.49. The second kappa shape index (κ2) is 8.56. The smallest absolute Gasteiger partial charge is 0.408 e.